The summed E-state index contributed by atoms with van der Waals surface area (Å²) >= 11 is 1.10. The molecule has 0 bridgehead atoms. The largest absolute Gasteiger partial charge is 0.359 e. The number of hydrogen-bond acceptors (Lipinski definition) is 4. The highest BCUT2D eigenvalue weighted by atomic mass is 32.2. The van der Waals surface area contributed by atoms with Crippen molar-refractivity contribution in [3.63, 3.8) is 0 Å². The number of fused-ring (bicyclic) bond motifs is 1. The summed E-state index contributed by atoms with van der Waals surface area (Å²) in [5.41, 5.74) is 0.712. The average Bonchev–Trinajstić information content (AvgIpc) is 3.22. The average molecular weight is 379 g/mol. The normalized spacial score (nSPS) is 11.0. The van der Waals surface area contributed by atoms with E-state index < -0.39 is 5.82 Å². The molecular weight excluding hydrogens is 365 g/mol. The van der Waals surface area contributed by atoms with Crippen molar-refractivity contribution in [2.45, 2.75) is 5.16 Å². The number of nitrogens with one attached hydrogen (secondary N) is 1. The number of nitrogens with zero attached hydrogens (tertiary/aromatic N) is 2. The zero-order valence-corrected chi connectivity index (χ0v) is 14.9. The van der Waals surface area contributed by atoms with E-state index in [4.69, 9.17) is 0 Å². The number of aromatic amines is 1. The minimum atomic E-state index is -0.533. The van der Waals surface area contributed by atoms with Crippen LogP contribution in [0.3, 0.4) is 0 Å². The standard InChI is InChI=1S/C20H14FN3O2S/c21-14-7-2-4-10-17(14)24-19(26)13-6-1-3-8-15(13)23-20(24)27-12-18(25)16-9-5-11-22-16/h1-11,22H,12H2. The Morgan fingerprint density at radius 2 is 1.85 bits per heavy atom. The summed E-state index contributed by atoms with van der Waals surface area (Å²) in [6.45, 7) is 0. The number of carbonyl (C=O) groups excluding carboxylic acids is 1. The predicted molar refractivity (Wildman–Crippen MR) is 103 cm³/mol. The number of H-pyrrole nitrogens is 1. The fourth-order valence-electron chi connectivity index (χ4n) is 2.77. The van der Waals surface area contributed by atoms with Crippen LogP contribution in [0.4, 0.5) is 4.39 Å². The zero-order valence-electron chi connectivity index (χ0n) is 14.1. The second-order valence-electron chi connectivity index (χ2n) is 5.80. The predicted octanol–water partition coefficient (Wildman–Crippen LogP) is 3.83. The van der Waals surface area contributed by atoms with Crippen LogP contribution in [0.15, 0.2) is 76.8 Å². The zero-order chi connectivity index (χ0) is 18.8. The lowest BCUT2D eigenvalue weighted by atomic mass is 10.2. The minimum Gasteiger partial charge on any atom is -0.359 e. The number of halogens is 1. The van der Waals surface area contributed by atoms with Gasteiger partial charge < -0.3 is 4.98 Å². The molecule has 2 heterocycles. The van der Waals surface area contributed by atoms with E-state index in [0.29, 0.717) is 16.6 Å². The number of thioether (sulfide) groups is 1. The number of benzene rings is 2. The Morgan fingerprint density at radius 3 is 2.63 bits per heavy atom. The third kappa shape index (κ3) is 3.29. The van der Waals surface area contributed by atoms with Crippen LogP contribution in [-0.2, 0) is 0 Å². The fourth-order valence-corrected chi connectivity index (χ4v) is 3.66. The van der Waals surface area contributed by atoms with E-state index in [0.717, 1.165) is 11.8 Å². The summed E-state index contributed by atoms with van der Waals surface area (Å²) in [7, 11) is 0. The highest BCUT2D eigenvalue weighted by Gasteiger charge is 2.17. The third-order valence-electron chi connectivity index (χ3n) is 4.07. The minimum absolute atomic E-state index is 0.0692. The Kier molecular flexibility index (Phi) is 4.60. The molecule has 0 aliphatic heterocycles. The summed E-state index contributed by atoms with van der Waals surface area (Å²) in [6, 6.07) is 16.3. The quantitative estimate of drug-likeness (QED) is 0.325. The number of ketones is 1. The van der Waals surface area contributed by atoms with Gasteiger partial charge in [0.05, 0.1) is 28.0 Å². The lowest BCUT2D eigenvalue weighted by molar-refractivity contribution is 0.101. The van der Waals surface area contributed by atoms with E-state index in [2.05, 4.69) is 9.97 Å². The molecule has 4 rings (SSSR count). The van der Waals surface area contributed by atoms with Gasteiger partial charge in [0.2, 0.25) is 0 Å². The van der Waals surface area contributed by atoms with Crippen molar-refractivity contribution in [3.8, 4) is 5.69 Å². The second kappa shape index (κ2) is 7.20. The van der Waals surface area contributed by atoms with Crippen LogP contribution >= 0.6 is 11.8 Å². The molecular formula is C20H14FN3O2S. The van der Waals surface area contributed by atoms with E-state index in [1.54, 1.807) is 54.7 Å². The molecule has 134 valence electrons. The van der Waals surface area contributed by atoms with Crippen molar-refractivity contribution < 1.29 is 9.18 Å². The smallest absolute Gasteiger partial charge is 0.266 e. The lowest BCUT2D eigenvalue weighted by Crippen LogP contribution is -2.23. The Labute approximate surface area is 157 Å². The first-order chi connectivity index (χ1) is 13.1. The van der Waals surface area contributed by atoms with Crippen LogP contribution in [0, 0.1) is 5.82 Å². The molecule has 0 amide bonds. The van der Waals surface area contributed by atoms with Crippen molar-refractivity contribution in [2.75, 3.05) is 5.75 Å². The van der Waals surface area contributed by atoms with E-state index in [-0.39, 0.29) is 27.9 Å². The van der Waals surface area contributed by atoms with Crippen LogP contribution in [0.25, 0.3) is 16.6 Å². The van der Waals surface area contributed by atoms with E-state index >= 15 is 0 Å². The number of para-hydroxylation sites is 2. The molecule has 0 atom stereocenters. The Morgan fingerprint density at radius 1 is 1.07 bits per heavy atom. The first-order valence-electron chi connectivity index (χ1n) is 8.21. The number of rotatable bonds is 5. The van der Waals surface area contributed by atoms with Gasteiger partial charge in [-0.25, -0.2) is 9.37 Å². The maximum absolute atomic E-state index is 14.4. The van der Waals surface area contributed by atoms with E-state index in [1.165, 1.54) is 16.7 Å². The van der Waals surface area contributed by atoms with Crippen LogP contribution in [0.5, 0.6) is 0 Å². The first-order valence-corrected chi connectivity index (χ1v) is 9.20. The Bertz CT molecular complexity index is 1190. The molecule has 1 N–H and O–H groups in total. The van der Waals surface area contributed by atoms with Gasteiger partial charge in [-0.15, -0.1) is 0 Å². The highest BCUT2D eigenvalue weighted by Crippen LogP contribution is 2.23. The number of carbonyl (C=O) groups is 1. The van der Waals surface area contributed by atoms with Crippen molar-refractivity contribution in [1.29, 1.82) is 0 Å². The molecule has 2 aromatic carbocycles. The van der Waals surface area contributed by atoms with Crippen molar-refractivity contribution in [2.24, 2.45) is 0 Å². The molecule has 0 spiro atoms. The maximum Gasteiger partial charge on any atom is 0.266 e. The maximum atomic E-state index is 14.4. The molecule has 7 heteroatoms. The summed E-state index contributed by atoms with van der Waals surface area (Å²) in [4.78, 5) is 32.7. The van der Waals surface area contributed by atoms with Crippen LogP contribution in [0.1, 0.15) is 10.5 Å². The molecule has 4 aromatic rings. The summed E-state index contributed by atoms with van der Waals surface area (Å²) in [5.74, 6) is -0.596. The topological polar surface area (TPSA) is 67.8 Å². The van der Waals surface area contributed by atoms with E-state index in [1.807, 2.05) is 0 Å². The molecule has 0 saturated heterocycles. The van der Waals surface area contributed by atoms with Gasteiger partial charge >= 0.3 is 0 Å². The summed E-state index contributed by atoms with van der Waals surface area (Å²) in [5, 5.41) is 0.657. The molecule has 27 heavy (non-hydrogen) atoms. The SMILES string of the molecule is O=C(CSc1nc2ccccc2c(=O)n1-c1ccccc1F)c1ccc[nH]1. The summed E-state index contributed by atoms with van der Waals surface area (Å²) in [6.07, 6.45) is 1.67. The molecule has 0 fully saturated rings. The van der Waals surface area contributed by atoms with Crippen LogP contribution < -0.4 is 5.56 Å². The Hall–Kier alpha value is -3.19. The van der Waals surface area contributed by atoms with Gasteiger partial charge in [-0.05, 0) is 36.4 Å². The van der Waals surface area contributed by atoms with Gasteiger partial charge in [-0.1, -0.05) is 36.0 Å². The molecule has 5 nitrogen and oxygen atoms in total. The van der Waals surface area contributed by atoms with Gasteiger partial charge in [-0.2, -0.15) is 0 Å². The van der Waals surface area contributed by atoms with Gasteiger partial charge in [0, 0.05) is 6.20 Å². The van der Waals surface area contributed by atoms with Crippen LogP contribution in [-0.4, -0.2) is 26.1 Å². The molecule has 0 radical (unpaired) electrons. The number of hydrogen-bond donors (Lipinski definition) is 1. The van der Waals surface area contributed by atoms with Gasteiger partial charge in [0.1, 0.15) is 5.82 Å². The monoisotopic (exact) mass is 379 g/mol. The Balaban J connectivity index is 1.83. The van der Waals surface area contributed by atoms with Crippen LogP contribution in [0.2, 0.25) is 0 Å². The first kappa shape index (κ1) is 17.2. The van der Waals surface area contributed by atoms with Gasteiger partial charge in [-0.3, -0.25) is 14.2 Å². The van der Waals surface area contributed by atoms with Gasteiger partial charge in [0.15, 0.2) is 10.9 Å². The second-order valence-corrected chi connectivity index (χ2v) is 6.74. The third-order valence-corrected chi connectivity index (χ3v) is 5.01. The number of Topliss-reactive ketones (excluding diaryl/α,β-unsaturated/α-hetero) is 1. The van der Waals surface area contributed by atoms with Gasteiger partial charge in [0.25, 0.3) is 5.56 Å². The van der Waals surface area contributed by atoms with E-state index in [9.17, 15) is 14.0 Å². The molecule has 0 aliphatic carbocycles. The lowest BCUT2D eigenvalue weighted by Gasteiger charge is -2.13. The summed E-state index contributed by atoms with van der Waals surface area (Å²) < 4.78 is 15.6. The van der Waals surface area contributed by atoms with Crippen molar-refractivity contribution >= 4 is 28.4 Å². The molecule has 0 saturated carbocycles. The molecule has 0 aliphatic rings. The van der Waals surface area contributed by atoms with Crippen molar-refractivity contribution in [1.82, 2.24) is 14.5 Å². The van der Waals surface area contributed by atoms with Crippen molar-refractivity contribution in [3.05, 3.63) is 88.7 Å². The fraction of sp³-hybridized carbons (Fsp3) is 0.0500. The molecule has 0 unspecified atom stereocenters. The highest BCUT2D eigenvalue weighted by molar-refractivity contribution is 7.99. The number of aromatic nitrogens is 3. The molecule has 2 aromatic heterocycles.